The van der Waals surface area contributed by atoms with E-state index in [2.05, 4.69) is 10.6 Å². The molecule has 5 N–H and O–H groups in total. The Balaban J connectivity index is 1.24. The summed E-state index contributed by atoms with van der Waals surface area (Å²) in [5.74, 6) is -6.47. The molecule has 0 spiro atoms. The second-order valence-corrected chi connectivity index (χ2v) is 18.1. The average Bonchev–Trinajstić information content (AvgIpc) is 3.30. The first-order chi connectivity index (χ1) is 31.1. The van der Waals surface area contributed by atoms with Gasteiger partial charge in [0, 0.05) is 18.4 Å². The molecule has 4 amide bonds. The minimum absolute atomic E-state index is 0.0279. The second-order valence-electron chi connectivity index (χ2n) is 14.6. The molecule has 0 aromatic heterocycles. The number of nitrogens with one attached hydrogen (secondary N) is 2. The van der Waals surface area contributed by atoms with Gasteiger partial charge in [0.05, 0.1) is 0 Å². The van der Waals surface area contributed by atoms with Crippen molar-refractivity contribution in [2.24, 2.45) is 11.7 Å². The number of rotatable bonds is 19. The highest BCUT2D eigenvalue weighted by atomic mass is 35.6. The van der Waals surface area contributed by atoms with Gasteiger partial charge in [-0.1, -0.05) is 156 Å². The average molecular weight is 970 g/mol. The normalized spacial score (nSPS) is 17.9. The number of carbonyl (C=O) groups excluding carboxylic acids is 5. The Hall–Kier alpha value is -5.82. The summed E-state index contributed by atoms with van der Waals surface area (Å²) in [6.07, 6.45) is -5.95. The molecule has 0 saturated carbocycles. The molecule has 0 aliphatic carbocycles. The van der Waals surface area contributed by atoms with Gasteiger partial charge in [-0.2, -0.15) is 0 Å². The second kappa shape index (κ2) is 21.9. The molecular formula is C45H43Cl3N4O12S. The molecule has 16 nitrogen and oxygen atoms in total. The topological polar surface area (TPSA) is 222 Å². The number of halogens is 3. The maximum Gasteiger partial charge on any atom is 0.409 e. The number of benzene rings is 4. The number of thioether (sulfide) groups is 1. The van der Waals surface area contributed by atoms with E-state index in [9.17, 15) is 33.9 Å². The van der Waals surface area contributed by atoms with E-state index in [4.69, 9.17) is 64.2 Å². The molecule has 20 heteroatoms. The molecule has 65 heavy (non-hydrogen) atoms. The van der Waals surface area contributed by atoms with Crippen molar-refractivity contribution in [2.45, 2.75) is 46.2 Å². The molecule has 2 heterocycles. The lowest BCUT2D eigenvalue weighted by Crippen LogP contribution is -2.81. The highest BCUT2D eigenvalue weighted by Gasteiger charge is 2.67. The molecule has 2 unspecified atom stereocenters. The third kappa shape index (κ3) is 12.1. The Bertz CT molecular complexity index is 2280. The number of methoxy groups -OCH3 is 1. The summed E-state index contributed by atoms with van der Waals surface area (Å²) < 4.78 is 26.4. The zero-order valence-electron chi connectivity index (χ0n) is 34.5. The van der Waals surface area contributed by atoms with E-state index in [1.54, 1.807) is 109 Å². The van der Waals surface area contributed by atoms with E-state index in [0.29, 0.717) is 22.3 Å². The number of aliphatic carboxylic acids is 1. The van der Waals surface area contributed by atoms with Gasteiger partial charge in [-0.05, 0) is 35.1 Å². The van der Waals surface area contributed by atoms with Crippen molar-refractivity contribution in [3.8, 4) is 0 Å². The predicted molar refractivity (Wildman–Crippen MR) is 239 cm³/mol. The van der Waals surface area contributed by atoms with Crippen molar-refractivity contribution in [3.05, 3.63) is 155 Å². The van der Waals surface area contributed by atoms with Gasteiger partial charge in [0.25, 0.3) is 11.6 Å². The van der Waals surface area contributed by atoms with E-state index >= 15 is 0 Å². The van der Waals surface area contributed by atoms with Crippen LogP contribution in [-0.4, -0.2) is 93.1 Å². The lowest BCUT2D eigenvalue weighted by Gasteiger charge is -2.56. The maximum absolute atomic E-state index is 14.4. The first-order valence-electron chi connectivity index (χ1n) is 19.9. The molecule has 4 aromatic rings. The molecule has 342 valence electrons. The number of nitrogens with zero attached hydrogens (tertiary/aromatic N) is 1. The molecular weight excluding hydrogens is 927 g/mol. The number of carboxylic acid groups (broad SMARTS) is 1. The van der Waals surface area contributed by atoms with E-state index in [1.807, 2.05) is 12.1 Å². The van der Waals surface area contributed by atoms with Gasteiger partial charge in [-0.15, -0.1) is 11.8 Å². The summed E-state index contributed by atoms with van der Waals surface area (Å²) in [4.78, 5) is 81.3. The van der Waals surface area contributed by atoms with Crippen LogP contribution in [0.15, 0.2) is 133 Å². The molecule has 1 saturated heterocycles. The summed E-state index contributed by atoms with van der Waals surface area (Å²) in [6, 6.07) is 35.7. The summed E-state index contributed by atoms with van der Waals surface area (Å²) in [6.45, 7) is -1.10. The fourth-order valence-corrected chi connectivity index (χ4v) is 8.75. The number of primary amides is 1. The number of alkyl carbamates (subject to hydrolysis) is 1. The number of amides is 4. The van der Waals surface area contributed by atoms with Crippen LogP contribution in [0.5, 0.6) is 0 Å². The van der Waals surface area contributed by atoms with Crippen LogP contribution in [0.1, 0.15) is 47.3 Å². The van der Waals surface area contributed by atoms with Crippen LogP contribution >= 0.6 is 46.6 Å². The highest BCUT2D eigenvalue weighted by Crippen LogP contribution is 2.47. The van der Waals surface area contributed by atoms with E-state index in [0.717, 1.165) is 23.8 Å². The van der Waals surface area contributed by atoms with Gasteiger partial charge in [-0.25, -0.2) is 14.4 Å². The molecule has 6 rings (SSSR count). The number of nitrogens with two attached hydrogens (primary N) is 1. The van der Waals surface area contributed by atoms with Crippen LogP contribution in [-0.2, 0) is 42.9 Å². The number of fused-ring (bicyclic) bond motifs is 1. The lowest BCUT2D eigenvalue weighted by molar-refractivity contribution is -0.194. The molecule has 0 radical (unpaired) electrons. The Morgan fingerprint density at radius 2 is 1.32 bits per heavy atom. The van der Waals surface area contributed by atoms with Gasteiger partial charge < -0.3 is 39.8 Å². The number of carboxylic acids is 1. The Morgan fingerprint density at radius 1 is 0.815 bits per heavy atom. The molecule has 4 aromatic carbocycles. The fraction of sp³-hybridized carbons (Fsp3) is 0.289. The highest BCUT2D eigenvalue weighted by molar-refractivity contribution is 8.00. The van der Waals surface area contributed by atoms with Crippen LogP contribution in [0.4, 0.5) is 9.59 Å². The number of hydrogen-bond acceptors (Lipinski definition) is 12. The lowest BCUT2D eigenvalue weighted by atomic mass is 9.95. The number of hydrogen-bond donors (Lipinski definition) is 4. The van der Waals surface area contributed by atoms with E-state index in [1.165, 1.54) is 0 Å². The van der Waals surface area contributed by atoms with Crippen molar-refractivity contribution in [1.82, 2.24) is 15.5 Å². The van der Waals surface area contributed by atoms with Gasteiger partial charge >= 0.3 is 24.1 Å². The molecule has 4 atom stereocenters. The molecule has 1 fully saturated rings. The summed E-state index contributed by atoms with van der Waals surface area (Å²) >= 11 is 18.4. The molecule has 0 bridgehead atoms. The third-order valence-corrected chi connectivity index (χ3v) is 11.9. The van der Waals surface area contributed by atoms with Crippen molar-refractivity contribution in [3.63, 3.8) is 0 Å². The smallest absolute Gasteiger partial charge is 0.409 e. The standard InChI is InChI=1S/C45H43Cl3N4O12S/c1-60-45(40(57)52-34(31(24-61-42(49)58)25-65-41(45)52)39(56)64-36(29-18-10-4-11-19-29)30-20-12-5-13-21-30)51-37(53)32(38(54)55)22-23-33(50-43(59)62-26-44(46,47)48)63-35(27-14-6-2-7-15-27)28-16-8-3-9-17-28/h2-21,32-33,35-36,41H,22-26H2,1H3,(H2,49,58)(H,50,59)(H,51,53)(H,54,55)/t32?,33?,41-,45-/m0/s1. The summed E-state index contributed by atoms with van der Waals surface area (Å²) in [7, 11) is 1.14. The van der Waals surface area contributed by atoms with Crippen LogP contribution in [0.3, 0.4) is 0 Å². The van der Waals surface area contributed by atoms with Gasteiger partial charge in [0.2, 0.25) is 9.70 Å². The van der Waals surface area contributed by atoms with E-state index < -0.39 is 94.8 Å². The van der Waals surface area contributed by atoms with Crippen LogP contribution < -0.4 is 16.4 Å². The first-order valence-corrected chi connectivity index (χ1v) is 22.1. The number of esters is 1. The van der Waals surface area contributed by atoms with Crippen molar-refractivity contribution >= 4 is 82.5 Å². The van der Waals surface area contributed by atoms with Gasteiger partial charge in [-0.3, -0.25) is 24.6 Å². The van der Waals surface area contributed by atoms with E-state index in [-0.39, 0.29) is 23.4 Å². The van der Waals surface area contributed by atoms with Crippen LogP contribution in [0.25, 0.3) is 0 Å². The number of ether oxygens (including phenoxy) is 5. The minimum Gasteiger partial charge on any atom is -0.481 e. The third-order valence-electron chi connectivity index (χ3n) is 10.2. The van der Waals surface area contributed by atoms with Crippen LogP contribution in [0, 0.1) is 5.92 Å². The monoisotopic (exact) mass is 968 g/mol. The SMILES string of the molecule is CO[C@@]1(NC(=O)C(CCC(NC(=O)OCC(Cl)(Cl)Cl)OC(c2ccccc2)c2ccccc2)C(=O)O)C(=O)N2C(C(=O)OC(c3ccccc3)c3ccccc3)=C(COC(N)=O)CS[C@H]21. The quantitative estimate of drug-likeness (QED) is 0.0191. The Kier molecular flexibility index (Phi) is 16.4. The largest absolute Gasteiger partial charge is 0.481 e. The number of β-lactam (4-membered cyclic amide) rings is 1. The van der Waals surface area contributed by atoms with Crippen molar-refractivity contribution < 1.29 is 57.6 Å². The zero-order chi connectivity index (χ0) is 46.7. The first kappa shape index (κ1) is 48.6. The molecule has 2 aliphatic rings. The Labute approximate surface area is 392 Å². The predicted octanol–water partition coefficient (Wildman–Crippen LogP) is 6.75. The zero-order valence-corrected chi connectivity index (χ0v) is 37.6. The van der Waals surface area contributed by atoms with Crippen LogP contribution in [0.2, 0.25) is 0 Å². The van der Waals surface area contributed by atoms with Gasteiger partial charge in [0.15, 0.2) is 6.10 Å². The Morgan fingerprint density at radius 3 is 1.78 bits per heavy atom. The maximum atomic E-state index is 14.4. The number of carbonyl (C=O) groups is 6. The summed E-state index contributed by atoms with van der Waals surface area (Å²) in [5.41, 5.74) is 5.61. The summed E-state index contributed by atoms with van der Waals surface area (Å²) in [5, 5.41) is 14.3. The van der Waals surface area contributed by atoms with Crippen molar-refractivity contribution in [2.75, 3.05) is 26.1 Å². The fourth-order valence-electron chi connectivity index (χ4n) is 7.17. The van der Waals surface area contributed by atoms with Crippen molar-refractivity contribution in [1.29, 1.82) is 0 Å². The van der Waals surface area contributed by atoms with Gasteiger partial charge in [0.1, 0.15) is 42.5 Å². The minimum atomic E-state index is -2.17. The number of alkyl halides is 3. The molecule has 2 aliphatic heterocycles.